The number of carbonyl (C=O) groups is 2. The van der Waals surface area contributed by atoms with Gasteiger partial charge in [-0.3, -0.25) is 9.59 Å². The molecule has 1 saturated carbocycles. The Balaban J connectivity index is 1.72. The van der Waals surface area contributed by atoms with Gasteiger partial charge < -0.3 is 10.1 Å². The Labute approximate surface area is 176 Å². The molecule has 30 heavy (non-hydrogen) atoms. The summed E-state index contributed by atoms with van der Waals surface area (Å²) in [6.07, 6.45) is 7.14. The summed E-state index contributed by atoms with van der Waals surface area (Å²) in [5.74, 6) is -0.569. The standard InChI is InChI=1S/C23H31N3O4/c1-3-4-9-14-26-22(28)18-12-7-6-11-17(18)21(25-26)23(29)30-15-20(27)24-19-13-8-5-10-16(19)2/h6-7,11-12,16,19H,3-5,8-10,13-15H2,1-2H3,(H,24,27)/t16-,19+/m0/s1. The van der Waals surface area contributed by atoms with Crippen LogP contribution >= 0.6 is 0 Å². The number of aromatic nitrogens is 2. The summed E-state index contributed by atoms with van der Waals surface area (Å²) in [5.41, 5.74) is -0.150. The first kappa shape index (κ1) is 22.0. The molecule has 0 aliphatic heterocycles. The third kappa shape index (κ3) is 5.26. The molecule has 2 atom stereocenters. The van der Waals surface area contributed by atoms with Crippen molar-refractivity contribution in [3.05, 3.63) is 40.3 Å². The number of rotatable bonds is 8. The lowest BCUT2D eigenvalue weighted by molar-refractivity contribution is -0.125. The van der Waals surface area contributed by atoms with Gasteiger partial charge in [-0.25, -0.2) is 9.48 Å². The second kappa shape index (κ2) is 10.4. The van der Waals surface area contributed by atoms with Crippen molar-refractivity contribution in [2.75, 3.05) is 6.61 Å². The smallest absolute Gasteiger partial charge is 0.359 e. The van der Waals surface area contributed by atoms with E-state index in [2.05, 4.69) is 24.3 Å². The molecular weight excluding hydrogens is 382 g/mol. The number of esters is 1. The van der Waals surface area contributed by atoms with Crippen LogP contribution in [-0.2, 0) is 16.1 Å². The number of amides is 1. The fraction of sp³-hybridized carbons (Fsp3) is 0.565. The number of benzene rings is 1. The van der Waals surface area contributed by atoms with E-state index >= 15 is 0 Å². The summed E-state index contributed by atoms with van der Waals surface area (Å²) < 4.78 is 6.60. The van der Waals surface area contributed by atoms with E-state index in [1.165, 1.54) is 11.1 Å². The average molecular weight is 414 g/mol. The lowest BCUT2D eigenvalue weighted by Crippen LogP contribution is -2.43. The van der Waals surface area contributed by atoms with E-state index in [1.807, 2.05) is 0 Å². The number of hydrogen-bond donors (Lipinski definition) is 1. The van der Waals surface area contributed by atoms with Gasteiger partial charge in [0.2, 0.25) is 0 Å². The molecule has 7 heteroatoms. The van der Waals surface area contributed by atoms with E-state index in [0.717, 1.165) is 38.5 Å². The Morgan fingerprint density at radius 3 is 2.63 bits per heavy atom. The predicted octanol–water partition coefficient (Wildman–Crippen LogP) is 3.44. The molecule has 1 heterocycles. The van der Waals surface area contributed by atoms with Crippen LogP contribution < -0.4 is 10.9 Å². The number of unbranched alkanes of at least 4 members (excludes halogenated alkanes) is 2. The van der Waals surface area contributed by atoms with Gasteiger partial charge in [0.15, 0.2) is 12.3 Å². The lowest BCUT2D eigenvalue weighted by Gasteiger charge is -2.29. The number of aryl methyl sites for hydroxylation is 1. The third-order valence-electron chi connectivity index (χ3n) is 5.83. The number of fused-ring (bicyclic) bond motifs is 1. The summed E-state index contributed by atoms with van der Waals surface area (Å²) in [4.78, 5) is 37.7. The summed E-state index contributed by atoms with van der Waals surface area (Å²) in [5, 5.41) is 8.12. The Kier molecular flexibility index (Phi) is 7.60. The molecule has 1 aromatic heterocycles. The number of ether oxygens (including phenoxy) is 1. The molecule has 2 aromatic rings. The van der Waals surface area contributed by atoms with Crippen molar-refractivity contribution in [2.45, 2.75) is 71.4 Å². The first-order chi connectivity index (χ1) is 14.5. The Bertz CT molecular complexity index is 953. The van der Waals surface area contributed by atoms with Gasteiger partial charge in [0.1, 0.15) is 0 Å². The van der Waals surface area contributed by atoms with Crippen molar-refractivity contribution < 1.29 is 14.3 Å². The van der Waals surface area contributed by atoms with Crippen LogP contribution in [0.5, 0.6) is 0 Å². The lowest BCUT2D eigenvalue weighted by atomic mass is 9.86. The molecule has 1 amide bonds. The zero-order valence-electron chi connectivity index (χ0n) is 17.9. The molecule has 1 N–H and O–H groups in total. The van der Waals surface area contributed by atoms with Crippen LogP contribution in [0.1, 0.15) is 69.3 Å². The van der Waals surface area contributed by atoms with Gasteiger partial charge >= 0.3 is 5.97 Å². The molecule has 1 fully saturated rings. The summed E-state index contributed by atoms with van der Waals surface area (Å²) in [7, 11) is 0. The summed E-state index contributed by atoms with van der Waals surface area (Å²) >= 11 is 0. The van der Waals surface area contributed by atoms with Gasteiger partial charge in [0, 0.05) is 18.0 Å². The molecule has 0 unspecified atom stereocenters. The molecule has 162 valence electrons. The van der Waals surface area contributed by atoms with Crippen LogP contribution in [-0.4, -0.2) is 34.3 Å². The Morgan fingerprint density at radius 1 is 1.17 bits per heavy atom. The van der Waals surface area contributed by atoms with E-state index in [0.29, 0.717) is 23.2 Å². The van der Waals surface area contributed by atoms with Gasteiger partial charge in [-0.05, 0) is 31.2 Å². The Morgan fingerprint density at radius 2 is 1.90 bits per heavy atom. The maximum Gasteiger partial charge on any atom is 0.359 e. The van der Waals surface area contributed by atoms with Crippen molar-refractivity contribution in [3.63, 3.8) is 0 Å². The van der Waals surface area contributed by atoms with Crippen LogP contribution in [0.15, 0.2) is 29.1 Å². The van der Waals surface area contributed by atoms with Gasteiger partial charge in [0.05, 0.1) is 5.39 Å². The van der Waals surface area contributed by atoms with Gasteiger partial charge in [0.25, 0.3) is 11.5 Å². The van der Waals surface area contributed by atoms with E-state index < -0.39 is 5.97 Å². The van der Waals surface area contributed by atoms with Crippen LogP contribution in [0.4, 0.5) is 0 Å². The van der Waals surface area contributed by atoms with Gasteiger partial charge in [-0.1, -0.05) is 57.7 Å². The fourth-order valence-electron chi connectivity index (χ4n) is 4.03. The Hall–Kier alpha value is -2.70. The molecule has 0 spiro atoms. The highest BCUT2D eigenvalue weighted by atomic mass is 16.5. The van der Waals surface area contributed by atoms with Gasteiger partial charge in [-0.2, -0.15) is 5.10 Å². The zero-order chi connectivity index (χ0) is 21.5. The highest BCUT2D eigenvalue weighted by Crippen LogP contribution is 2.23. The average Bonchev–Trinajstić information content (AvgIpc) is 2.75. The van der Waals surface area contributed by atoms with Gasteiger partial charge in [-0.15, -0.1) is 0 Å². The molecule has 3 rings (SSSR count). The molecule has 0 bridgehead atoms. The molecule has 7 nitrogen and oxygen atoms in total. The molecule has 1 aromatic carbocycles. The van der Waals surface area contributed by atoms with Crippen molar-refractivity contribution in [1.29, 1.82) is 0 Å². The fourth-order valence-corrected chi connectivity index (χ4v) is 4.03. The molecule has 1 aliphatic rings. The minimum Gasteiger partial charge on any atom is -0.451 e. The first-order valence-electron chi connectivity index (χ1n) is 11.0. The van der Waals surface area contributed by atoms with Crippen LogP contribution in [0.2, 0.25) is 0 Å². The second-order valence-corrected chi connectivity index (χ2v) is 8.14. The first-order valence-corrected chi connectivity index (χ1v) is 11.0. The van der Waals surface area contributed by atoms with Crippen LogP contribution in [0.3, 0.4) is 0 Å². The molecule has 1 aliphatic carbocycles. The molecule has 0 radical (unpaired) electrons. The number of nitrogens with one attached hydrogen (secondary N) is 1. The van der Waals surface area contributed by atoms with E-state index in [-0.39, 0.29) is 29.8 Å². The monoisotopic (exact) mass is 413 g/mol. The summed E-state index contributed by atoms with van der Waals surface area (Å²) in [6, 6.07) is 7.00. The van der Waals surface area contributed by atoms with Crippen LogP contribution in [0, 0.1) is 5.92 Å². The number of carbonyl (C=O) groups excluding carboxylic acids is 2. The van der Waals surface area contributed by atoms with Crippen molar-refractivity contribution >= 4 is 22.6 Å². The minimum atomic E-state index is -0.692. The molecular formula is C23H31N3O4. The second-order valence-electron chi connectivity index (χ2n) is 8.14. The summed E-state index contributed by atoms with van der Waals surface area (Å²) in [6.45, 7) is 4.30. The SMILES string of the molecule is CCCCCn1nc(C(=O)OCC(=O)N[C@@H]2CCCC[C@@H]2C)c2ccccc2c1=O. The maximum atomic E-state index is 12.7. The maximum absolute atomic E-state index is 12.7. The van der Waals surface area contributed by atoms with Crippen molar-refractivity contribution in [3.8, 4) is 0 Å². The van der Waals surface area contributed by atoms with E-state index in [4.69, 9.17) is 4.74 Å². The zero-order valence-corrected chi connectivity index (χ0v) is 17.9. The van der Waals surface area contributed by atoms with Crippen LogP contribution in [0.25, 0.3) is 10.8 Å². The minimum absolute atomic E-state index is 0.0699. The topological polar surface area (TPSA) is 90.3 Å². The largest absolute Gasteiger partial charge is 0.451 e. The number of hydrogen-bond acceptors (Lipinski definition) is 5. The quantitative estimate of drug-likeness (QED) is 0.529. The third-order valence-corrected chi connectivity index (χ3v) is 5.83. The highest BCUT2D eigenvalue weighted by Gasteiger charge is 2.24. The predicted molar refractivity (Wildman–Crippen MR) is 115 cm³/mol. The molecule has 0 saturated heterocycles. The number of nitrogens with zero attached hydrogens (tertiary/aromatic N) is 2. The highest BCUT2D eigenvalue weighted by molar-refractivity contribution is 6.02. The van der Waals surface area contributed by atoms with E-state index in [9.17, 15) is 14.4 Å². The van der Waals surface area contributed by atoms with Crippen molar-refractivity contribution in [2.24, 2.45) is 5.92 Å². The van der Waals surface area contributed by atoms with E-state index in [1.54, 1.807) is 24.3 Å². The normalized spacial score (nSPS) is 18.9. The van der Waals surface area contributed by atoms with Crippen molar-refractivity contribution in [1.82, 2.24) is 15.1 Å².